The van der Waals surface area contributed by atoms with Crippen molar-refractivity contribution in [3.8, 4) is 11.4 Å². The molecule has 3 rings (SSSR count). The van der Waals surface area contributed by atoms with Crippen molar-refractivity contribution < 1.29 is 9.53 Å². The number of aromatic nitrogens is 2. The van der Waals surface area contributed by atoms with Crippen LogP contribution in [0.1, 0.15) is 28.9 Å². The normalized spacial score (nSPS) is 11.8. The Morgan fingerprint density at radius 3 is 2.68 bits per heavy atom. The van der Waals surface area contributed by atoms with Crippen LogP contribution in [-0.2, 0) is 0 Å². The Bertz CT molecular complexity index is 877. The van der Waals surface area contributed by atoms with E-state index in [1.54, 1.807) is 24.2 Å². The summed E-state index contributed by atoms with van der Waals surface area (Å²) < 4.78 is 7.77. The molecule has 1 heterocycles. The van der Waals surface area contributed by atoms with Crippen molar-refractivity contribution in [2.75, 3.05) is 7.11 Å². The summed E-state index contributed by atoms with van der Waals surface area (Å²) in [5, 5.41) is 7.24. The minimum atomic E-state index is -0.165. The highest BCUT2D eigenvalue weighted by atomic mass is 79.9. The van der Waals surface area contributed by atoms with Gasteiger partial charge in [0, 0.05) is 6.20 Å². The molecule has 0 aliphatic rings. The predicted octanol–water partition coefficient (Wildman–Crippen LogP) is 4.13. The van der Waals surface area contributed by atoms with E-state index < -0.39 is 0 Å². The molecule has 0 saturated heterocycles. The Kier molecular flexibility index (Phi) is 5.19. The van der Waals surface area contributed by atoms with Crippen LogP contribution < -0.4 is 10.1 Å². The fraction of sp³-hybridized carbons (Fsp3) is 0.158. The largest absolute Gasteiger partial charge is 0.496 e. The van der Waals surface area contributed by atoms with Crippen molar-refractivity contribution in [3.05, 3.63) is 76.5 Å². The molecule has 1 amide bonds. The minimum Gasteiger partial charge on any atom is -0.496 e. The highest BCUT2D eigenvalue weighted by Crippen LogP contribution is 2.28. The number of benzene rings is 2. The standard InChI is InChI=1S/C19H18BrN3O2/c1-13(14-8-9-18(25-2)17(20)10-14)22-19(24)15-11-21-23(12-15)16-6-4-3-5-7-16/h3-13H,1-2H3,(H,22,24). The van der Waals surface area contributed by atoms with Gasteiger partial charge in [0.15, 0.2) is 0 Å². The molecule has 1 N–H and O–H groups in total. The van der Waals surface area contributed by atoms with Crippen LogP contribution in [0.15, 0.2) is 65.4 Å². The first kappa shape index (κ1) is 17.2. The monoisotopic (exact) mass is 399 g/mol. The average Bonchev–Trinajstić information content (AvgIpc) is 3.12. The maximum absolute atomic E-state index is 12.5. The lowest BCUT2D eigenvalue weighted by Crippen LogP contribution is -2.26. The van der Waals surface area contributed by atoms with Gasteiger partial charge in [-0.3, -0.25) is 4.79 Å². The molecule has 1 unspecified atom stereocenters. The molecule has 1 atom stereocenters. The lowest BCUT2D eigenvalue weighted by atomic mass is 10.1. The highest BCUT2D eigenvalue weighted by molar-refractivity contribution is 9.10. The Morgan fingerprint density at radius 2 is 2.00 bits per heavy atom. The topological polar surface area (TPSA) is 56.1 Å². The molecule has 128 valence electrons. The van der Waals surface area contributed by atoms with Gasteiger partial charge in [-0.2, -0.15) is 5.10 Å². The number of nitrogens with zero attached hydrogens (tertiary/aromatic N) is 2. The van der Waals surface area contributed by atoms with Gasteiger partial charge in [-0.15, -0.1) is 0 Å². The molecule has 6 heteroatoms. The Labute approximate surface area is 154 Å². The van der Waals surface area contributed by atoms with Gasteiger partial charge in [-0.1, -0.05) is 24.3 Å². The van der Waals surface area contributed by atoms with E-state index in [0.717, 1.165) is 21.5 Å². The molecule has 0 spiro atoms. The molecule has 0 aliphatic carbocycles. The molecule has 0 bridgehead atoms. The van der Waals surface area contributed by atoms with Gasteiger partial charge < -0.3 is 10.1 Å². The van der Waals surface area contributed by atoms with Gasteiger partial charge in [0.1, 0.15) is 5.75 Å². The molecule has 0 fully saturated rings. The lowest BCUT2D eigenvalue weighted by Gasteiger charge is -2.15. The maximum Gasteiger partial charge on any atom is 0.254 e. The summed E-state index contributed by atoms with van der Waals surface area (Å²) in [7, 11) is 1.62. The first-order valence-corrected chi connectivity index (χ1v) is 8.62. The summed E-state index contributed by atoms with van der Waals surface area (Å²) in [4.78, 5) is 12.5. The van der Waals surface area contributed by atoms with Crippen LogP contribution in [0.3, 0.4) is 0 Å². The summed E-state index contributed by atoms with van der Waals surface area (Å²) in [6, 6.07) is 15.3. The van der Waals surface area contributed by atoms with E-state index in [1.807, 2.05) is 55.5 Å². The number of rotatable bonds is 5. The van der Waals surface area contributed by atoms with Crippen LogP contribution in [-0.4, -0.2) is 22.8 Å². The van der Waals surface area contributed by atoms with Gasteiger partial charge in [-0.05, 0) is 52.7 Å². The zero-order valence-electron chi connectivity index (χ0n) is 13.9. The lowest BCUT2D eigenvalue weighted by molar-refractivity contribution is 0.0940. The van der Waals surface area contributed by atoms with E-state index in [2.05, 4.69) is 26.3 Å². The van der Waals surface area contributed by atoms with Crippen LogP contribution in [0.5, 0.6) is 5.75 Å². The second-order valence-corrected chi connectivity index (χ2v) is 6.45. The molecule has 2 aromatic carbocycles. The third kappa shape index (κ3) is 3.91. The van der Waals surface area contributed by atoms with Crippen molar-refractivity contribution in [2.45, 2.75) is 13.0 Å². The third-order valence-electron chi connectivity index (χ3n) is 3.89. The summed E-state index contributed by atoms with van der Waals surface area (Å²) >= 11 is 3.46. The van der Waals surface area contributed by atoms with Crippen LogP contribution in [0.25, 0.3) is 5.69 Å². The summed E-state index contributed by atoms with van der Waals surface area (Å²) in [6.45, 7) is 1.94. The number of hydrogen-bond acceptors (Lipinski definition) is 3. The van der Waals surface area contributed by atoms with E-state index in [9.17, 15) is 4.79 Å². The molecule has 0 radical (unpaired) electrons. The van der Waals surface area contributed by atoms with E-state index in [4.69, 9.17) is 4.74 Å². The summed E-state index contributed by atoms with van der Waals surface area (Å²) in [5.41, 5.74) is 2.41. The van der Waals surface area contributed by atoms with E-state index in [-0.39, 0.29) is 11.9 Å². The molecular weight excluding hydrogens is 382 g/mol. The van der Waals surface area contributed by atoms with Gasteiger partial charge in [-0.25, -0.2) is 4.68 Å². The van der Waals surface area contributed by atoms with Crippen LogP contribution in [0.4, 0.5) is 0 Å². The number of amides is 1. The fourth-order valence-electron chi connectivity index (χ4n) is 2.48. The van der Waals surface area contributed by atoms with Crippen molar-refractivity contribution in [1.29, 1.82) is 0 Å². The highest BCUT2D eigenvalue weighted by Gasteiger charge is 2.14. The number of carbonyl (C=O) groups excluding carboxylic acids is 1. The van der Waals surface area contributed by atoms with Gasteiger partial charge in [0.2, 0.25) is 0 Å². The third-order valence-corrected chi connectivity index (χ3v) is 4.51. The van der Waals surface area contributed by atoms with E-state index >= 15 is 0 Å². The van der Waals surface area contributed by atoms with Crippen molar-refractivity contribution >= 4 is 21.8 Å². The fourth-order valence-corrected chi connectivity index (χ4v) is 3.04. The van der Waals surface area contributed by atoms with Crippen LogP contribution in [0.2, 0.25) is 0 Å². The molecule has 3 aromatic rings. The number of hydrogen-bond donors (Lipinski definition) is 1. The Hall–Kier alpha value is -2.60. The zero-order chi connectivity index (χ0) is 17.8. The number of nitrogens with one attached hydrogen (secondary N) is 1. The van der Waals surface area contributed by atoms with Gasteiger partial charge in [0.25, 0.3) is 5.91 Å². The van der Waals surface area contributed by atoms with Gasteiger partial charge in [0.05, 0.1) is 35.1 Å². The summed E-state index contributed by atoms with van der Waals surface area (Å²) in [5.74, 6) is 0.591. The zero-order valence-corrected chi connectivity index (χ0v) is 15.5. The molecule has 0 aliphatic heterocycles. The van der Waals surface area contributed by atoms with Crippen molar-refractivity contribution in [1.82, 2.24) is 15.1 Å². The van der Waals surface area contributed by atoms with E-state index in [1.165, 1.54) is 0 Å². The Balaban J connectivity index is 1.72. The Morgan fingerprint density at radius 1 is 1.24 bits per heavy atom. The average molecular weight is 400 g/mol. The molecule has 0 saturated carbocycles. The molecular formula is C19H18BrN3O2. The maximum atomic E-state index is 12.5. The van der Waals surface area contributed by atoms with Crippen LogP contribution in [0, 0.1) is 0 Å². The first-order chi connectivity index (χ1) is 12.1. The first-order valence-electron chi connectivity index (χ1n) is 7.83. The minimum absolute atomic E-state index is 0.144. The number of carbonyl (C=O) groups is 1. The quantitative estimate of drug-likeness (QED) is 0.701. The van der Waals surface area contributed by atoms with Gasteiger partial charge >= 0.3 is 0 Å². The van der Waals surface area contributed by atoms with Crippen molar-refractivity contribution in [3.63, 3.8) is 0 Å². The second kappa shape index (κ2) is 7.53. The van der Waals surface area contributed by atoms with Crippen LogP contribution >= 0.6 is 15.9 Å². The second-order valence-electron chi connectivity index (χ2n) is 5.60. The predicted molar refractivity (Wildman–Crippen MR) is 100 cm³/mol. The number of ether oxygens (including phenoxy) is 1. The smallest absolute Gasteiger partial charge is 0.254 e. The molecule has 5 nitrogen and oxygen atoms in total. The molecule has 1 aromatic heterocycles. The number of halogens is 1. The summed E-state index contributed by atoms with van der Waals surface area (Å²) in [6.07, 6.45) is 3.29. The van der Waals surface area contributed by atoms with Crippen molar-refractivity contribution in [2.24, 2.45) is 0 Å². The SMILES string of the molecule is COc1ccc(C(C)NC(=O)c2cnn(-c3ccccc3)c2)cc1Br. The number of methoxy groups -OCH3 is 1. The number of para-hydroxylation sites is 1. The molecule has 25 heavy (non-hydrogen) atoms. The van der Waals surface area contributed by atoms with E-state index in [0.29, 0.717) is 5.56 Å².